The molecule has 8 nitrogen and oxygen atoms in total. The van der Waals surface area contributed by atoms with Gasteiger partial charge < -0.3 is 0 Å². The molecule has 2 aromatic carbocycles. The van der Waals surface area contributed by atoms with Crippen LogP contribution in [-0.4, -0.2) is 23.1 Å². The smallest absolute Gasteiger partial charge is 0.270 e. The minimum Gasteiger partial charge on any atom is -0.276 e. The molecule has 0 atom stereocenters. The number of hydrogen-bond donors (Lipinski definition) is 1. The molecule has 3 rings (SSSR count). The average molecular weight is 358 g/mol. The topological polar surface area (TPSA) is 107 Å². The van der Waals surface area contributed by atoms with Gasteiger partial charge in [0.25, 0.3) is 15.7 Å². The van der Waals surface area contributed by atoms with Crippen LogP contribution >= 0.6 is 0 Å². The maximum Gasteiger partial charge on any atom is 0.270 e. The van der Waals surface area contributed by atoms with Gasteiger partial charge in [-0.1, -0.05) is 36.4 Å². The third-order valence-electron chi connectivity index (χ3n) is 3.57. The number of rotatable bonds is 5. The van der Waals surface area contributed by atoms with E-state index in [0.717, 1.165) is 11.6 Å². The summed E-state index contributed by atoms with van der Waals surface area (Å²) in [6.07, 6.45) is 1.40. The highest BCUT2D eigenvalue weighted by Crippen LogP contribution is 2.29. The van der Waals surface area contributed by atoms with Gasteiger partial charge in [0.05, 0.1) is 27.4 Å². The summed E-state index contributed by atoms with van der Waals surface area (Å²) in [5.74, 6) is 0. The highest BCUT2D eigenvalue weighted by atomic mass is 32.2. The van der Waals surface area contributed by atoms with E-state index in [0.29, 0.717) is 11.4 Å². The molecule has 128 valence electrons. The fourth-order valence-corrected chi connectivity index (χ4v) is 3.51. The van der Waals surface area contributed by atoms with Crippen LogP contribution in [0, 0.1) is 10.1 Å². The molecule has 0 saturated carbocycles. The summed E-state index contributed by atoms with van der Waals surface area (Å²) in [4.78, 5) is 10.0. The number of aryl methyl sites for hydroxylation is 1. The van der Waals surface area contributed by atoms with Gasteiger partial charge in [0.1, 0.15) is 0 Å². The number of aromatic nitrogens is 2. The van der Waals surface area contributed by atoms with Crippen molar-refractivity contribution >= 4 is 21.4 Å². The van der Waals surface area contributed by atoms with Gasteiger partial charge in [-0.2, -0.15) is 5.10 Å². The van der Waals surface area contributed by atoms with Crippen LogP contribution in [0.4, 0.5) is 11.4 Å². The van der Waals surface area contributed by atoms with Crippen LogP contribution in [0.1, 0.15) is 0 Å². The van der Waals surface area contributed by atoms with Crippen molar-refractivity contribution < 1.29 is 13.3 Å². The molecule has 0 bridgehead atoms. The zero-order valence-electron chi connectivity index (χ0n) is 13.2. The molecule has 3 aromatic rings. The number of nitro benzene ring substituents is 1. The van der Waals surface area contributed by atoms with Crippen molar-refractivity contribution in [3.8, 4) is 11.3 Å². The maximum absolute atomic E-state index is 12.6. The quantitative estimate of drug-likeness (QED) is 0.557. The lowest BCUT2D eigenvalue weighted by atomic mass is 10.1. The first-order valence-electron chi connectivity index (χ1n) is 7.23. The Hall–Kier alpha value is -3.20. The van der Waals surface area contributed by atoms with Crippen molar-refractivity contribution in [2.45, 2.75) is 4.90 Å². The van der Waals surface area contributed by atoms with E-state index < -0.39 is 14.9 Å². The van der Waals surface area contributed by atoms with E-state index in [1.54, 1.807) is 11.7 Å². The number of non-ortho nitro benzene ring substituents is 1. The van der Waals surface area contributed by atoms with Crippen LogP contribution in [0.5, 0.6) is 0 Å². The van der Waals surface area contributed by atoms with Gasteiger partial charge in [-0.15, -0.1) is 0 Å². The molecule has 25 heavy (non-hydrogen) atoms. The summed E-state index contributed by atoms with van der Waals surface area (Å²) in [6, 6.07) is 14.1. The molecular weight excluding hydrogens is 344 g/mol. The summed E-state index contributed by atoms with van der Waals surface area (Å²) in [5, 5.41) is 15.0. The normalized spacial score (nSPS) is 11.2. The van der Waals surface area contributed by atoms with Gasteiger partial charge in [0.2, 0.25) is 0 Å². The molecule has 0 amide bonds. The zero-order chi connectivity index (χ0) is 18.0. The summed E-state index contributed by atoms with van der Waals surface area (Å²) in [6.45, 7) is 0. The molecule has 0 saturated heterocycles. The summed E-state index contributed by atoms with van der Waals surface area (Å²) < 4.78 is 29.2. The largest absolute Gasteiger partial charge is 0.276 e. The Kier molecular flexibility index (Phi) is 4.24. The number of nitrogens with one attached hydrogen (secondary N) is 1. The van der Waals surface area contributed by atoms with Crippen molar-refractivity contribution in [1.29, 1.82) is 0 Å². The predicted octanol–water partition coefficient (Wildman–Crippen LogP) is 2.80. The van der Waals surface area contributed by atoms with Gasteiger partial charge in [0, 0.05) is 24.7 Å². The monoisotopic (exact) mass is 358 g/mol. The lowest BCUT2D eigenvalue weighted by Crippen LogP contribution is -2.13. The van der Waals surface area contributed by atoms with Crippen molar-refractivity contribution in [2.75, 3.05) is 4.72 Å². The molecule has 0 aliphatic rings. The number of hydrogen-bond acceptors (Lipinski definition) is 5. The van der Waals surface area contributed by atoms with Gasteiger partial charge in [-0.3, -0.25) is 19.5 Å². The zero-order valence-corrected chi connectivity index (χ0v) is 14.0. The fraction of sp³-hybridized carbons (Fsp3) is 0.0625. The van der Waals surface area contributed by atoms with Gasteiger partial charge in [-0.25, -0.2) is 8.42 Å². The Balaban J connectivity index is 2.00. The molecule has 1 N–H and O–H groups in total. The molecule has 0 fully saturated rings. The Bertz CT molecular complexity index is 1030. The van der Waals surface area contributed by atoms with Crippen LogP contribution in [0.15, 0.2) is 65.7 Å². The molecule has 0 spiro atoms. The molecule has 0 unspecified atom stereocenters. The Labute approximate surface area is 143 Å². The summed E-state index contributed by atoms with van der Waals surface area (Å²) in [5.41, 5.74) is 1.38. The van der Waals surface area contributed by atoms with Gasteiger partial charge in [-0.05, 0) is 6.07 Å². The van der Waals surface area contributed by atoms with Crippen molar-refractivity contribution in [3.63, 3.8) is 0 Å². The summed E-state index contributed by atoms with van der Waals surface area (Å²) >= 11 is 0. The fourth-order valence-electron chi connectivity index (χ4n) is 2.42. The standard InChI is InChI=1S/C16H14N4O4S/c1-19-16(12-6-3-2-4-7-12)15(11-17-19)18-25(23,24)14-9-5-8-13(10-14)20(21)22/h2-11,18H,1H3. The molecular formula is C16H14N4O4S. The molecule has 1 aromatic heterocycles. The first kappa shape index (κ1) is 16.7. The van der Waals surface area contributed by atoms with Crippen LogP contribution in [0.3, 0.4) is 0 Å². The van der Waals surface area contributed by atoms with Crippen LogP contribution in [0.2, 0.25) is 0 Å². The van der Waals surface area contributed by atoms with Crippen LogP contribution in [0.25, 0.3) is 11.3 Å². The Morgan fingerprint density at radius 2 is 1.84 bits per heavy atom. The number of nitro groups is 1. The molecule has 1 heterocycles. The second kappa shape index (κ2) is 6.36. The molecule has 9 heteroatoms. The van der Waals surface area contributed by atoms with Crippen molar-refractivity contribution in [1.82, 2.24) is 9.78 Å². The lowest BCUT2D eigenvalue weighted by molar-refractivity contribution is -0.385. The third-order valence-corrected chi connectivity index (χ3v) is 4.93. The van der Waals surface area contributed by atoms with Crippen LogP contribution < -0.4 is 4.72 Å². The van der Waals surface area contributed by atoms with E-state index in [-0.39, 0.29) is 10.6 Å². The molecule has 0 aliphatic heterocycles. The van der Waals surface area contributed by atoms with Gasteiger partial charge in [0.15, 0.2) is 0 Å². The number of sulfonamides is 1. The number of benzene rings is 2. The van der Waals surface area contributed by atoms with Crippen LogP contribution in [-0.2, 0) is 17.1 Å². The minimum atomic E-state index is -3.99. The molecule has 0 aliphatic carbocycles. The van der Waals surface area contributed by atoms with E-state index in [9.17, 15) is 18.5 Å². The van der Waals surface area contributed by atoms with E-state index in [2.05, 4.69) is 9.82 Å². The van der Waals surface area contributed by atoms with E-state index in [1.165, 1.54) is 24.4 Å². The Morgan fingerprint density at radius 1 is 1.12 bits per heavy atom. The second-order valence-electron chi connectivity index (χ2n) is 5.26. The van der Waals surface area contributed by atoms with E-state index in [1.807, 2.05) is 30.3 Å². The highest BCUT2D eigenvalue weighted by Gasteiger charge is 2.21. The SMILES string of the molecule is Cn1ncc(NS(=O)(=O)c2cccc([N+](=O)[O-])c2)c1-c1ccccc1. The van der Waals surface area contributed by atoms with Gasteiger partial charge >= 0.3 is 0 Å². The average Bonchev–Trinajstić information content (AvgIpc) is 2.95. The van der Waals surface area contributed by atoms with E-state index in [4.69, 9.17) is 0 Å². The third kappa shape index (κ3) is 3.36. The van der Waals surface area contributed by atoms with Crippen molar-refractivity contribution in [2.24, 2.45) is 7.05 Å². The molecule has 0 radical (unpaired) electrons. The predicted molar refractivity (Wildman–Crippen MR) is 92.5 cm³/mol. The minimum absolute atomic E-state index is 0.190. The number of anilines is 1. The summed E-state index contributed by atoms with van der Waals surface area (Å²) in [7, 11) is -2.29. The van der Waals surface area contributed by atoms with E-state index >= 15 is 0 Å². The Morgan fingerprint density at radius 3 is 2.52 bits per heavy atom. The lowest BCUT2D eigenvalue weighted by Gasteiger charge is -2.10. The number of nitrogens with zero attached hydrogens (tertiary/aromatic N) is 3. The second-order valence-corrected chi connectivity index (χ2v) is 6.94. The van der Waals surface area contributed by atoms with Crippen molar-refractivity contribution in [3.05, 3.63) is 70.9 Å². The first-order valence-corrected chi connectivity index (χ1v) is 8.71. The first-order chi connectivity index (χ1) is 11.9. The highest BCUT2D eigenvalue weighted by molar-refractivity contribution is 7.92. The maximum atomic E-state index is 12.6.